The van der Waals surface area contributed by atoms with Gasteiger partial charge in [0.05, 0.1) is 12.7 Å². The van der Waals surface area contributed by atoms with Gasteiger partial charge in [0, 0.05) is 32.4 Å². The number of halogens is 3. The van der Waals surface area contributed by atoms with Crippen molar-refractivity contribution in [1.82, 2.24) is 10.3 Å². The van der Waals surface area contributed by atoms with E-state index in [0.29, 0.717) is 18.8 Å². The molecule has 0 unspecified atom stereocenters. The van der Waals surface area contributed by atoms with Crippen molar-refractivity contribution in [1.29, 1.82) is 0 Å². The Morgan fingerprint density at radius 1 is 1.33 bits per heavy atom. The van der Waals surface area contributed by atoms with Crippen molar-refractivity contribution in [2.75, 3.05) is 38.2 Å². The Labute approximate surface area is 103 Å². The third-order valence-electron chi connectivity index (χ3n) is 2.81. The van der Waals surface area contributed by atoms with Gasteiger partial charge in [-0.15, -0.1) is 0 Å². The molecule has 0 amide bonds. The van der Waals surface area contributed by atoms with E-state index in [2.05, 4.69) is 10.3 Å². The fourth-order valence-electron chi connectivity index (χ4n) is 1.89. The van der Waals surface area contributed by atoms with Gasteiger partial charge in [0.2, 0.25) is 5.88 Å². The lowest BCUT2D eigenvalue weighted by Gasteiger charge is -2.30. The van der Waals surface area contributed by atoms with E-state index in [1.165, 1.54) is 7.11 Å². The molecule has 1 aliphatic rings. The number of pyridine rings is 1. The smallest absolute Gasteiger partial charge is 0.417 e. The van der Waals surface area contributed by atoms with Crippen LogP contribution < -0.4 is 15.0 Å². The maximum absolute atomic E-state index is 12.7. The monoisotopic (exact) mass is 261 g/mol. The molecule has 1 N–H and O–H groups in total. The van der Waals surface area contributed by atoms with Crippen LogP contribution in [0.2, 0.25) is 0 Å². The Hall–Kier alpha value is -1.50. The molecule has 1 aromatic heterocycles. The number of nitrogens with zero attached hydrogens (tertiary/aromatic N) is 2. The van der Waals surface area contributed by atoms with E-state index in [1.807, 2.05) is 4.90 Å². The Balaban J connectivity index is 2.35. The molecule has 1 aliphatic heterocycles. The van der Waals surface area contributed by atoms with Gasteiger partial charge in [0.25, 0.3) is 0 Å². The SMILES string of the molecule is COc1ncc(C(F)(F)F)cc1N1CCNCC1. The fraction of sp³-hybridized carbons (Fsp3) is 0.545. The summed E-state index contributed by atoms with van der Waals surface area (Å²) in [4.78, 5) is 5.58. The molecule has 0 spiro atoms. The average molecular weight is 261 g/mol. The predicted octanol–water partition coefficient (Wildman–Crippen LogP) is 1.52. The van der Waals surface area contributed by atoms with E-state index in [9.17, 15) is 13.2 Å². The highest BCUT2D eigenvalue weighted by molar-refractivity contribution is 5.57. The van der Waals surface area contributed by atoms with Crippen LogP contribution in [0.15, 0.2) is 12.3 Å². The number of ether oxygens (including phenoxy) is 1. The molecule has 0 bridgehead atoms. The summed E-state index contributed by atoms with van der Waals surface area (Å²) >= 11 is 0. The molecule has 18 heavy (non-hydrogen) atoms. The molecular formula is C11H14F3N3O. The zero-order valence-corrected chi connectivity index (χ0v) is 9.92. The fourth-order valence-corrected chi connectivity index (χ4v) is 1.89. The molecule has 1 fully saturated rings. The highest BCUT2D eigenvalue weighted by Gasteiger charge is 2.32. The number of hydrogen-bond donors (Lipinski definition) is 1. The van der Waals surface area contributed by atoms with Crippen LogP contribution in [0.25, 0.3) is 0 Å². The molecule has 4 nitrogen and oxygen atoms in total. The Morgan fingerprint density at radius 2 is 2.00 bits per heavy atom. The standard InChI is InChI=1S/C11H14F3N3O/c1-18-10-9(17-4-2-15-3-5-17)6-8(7-16-10)11(12,13)14/h6-7,15H,2-5H2,1H3. The predicted molar refractivity (Wildman–Crippen MR) is 60.9 cm³/mol. The number of hydrogen-bond acceptors (Lipinski definition) is 4. The first kappa shape index (κ1) is 12.9. The van der Waals surface area contributed by atoms with Crippen molar-refractivity contribution in [2.24, 2.45) is 0 Å². The lowest BCUT2D eigenvalue weighted by atomic mass is 10.2. The van der Waals surface area contributed by atoms with Gasteiger partial charge in [-0.25, -0.2) is 4.98 Å². The number of aromatic nitrogens is 1. The van der Waals surface area contributed by atoms with E-state index in [4.69, 9.17) is 4.74 Å². The van der Waals surface area contributed by atoms with Gasteiger partial charge in [0.15, 0.2) is 0 Å². The van der Waals surface area contributed by atoms with Gasteiger partial charge >= 0.3 is 6.18 Å². The van der Waals surface area contributed by atoms with Gasteiger partial charge in [0.1, 0.15) is 5.69 Å². The maximum atomic E-state index is 12.7. The Morgan fingerprint density at radius 3 is 2.56 bits per heavy atom. The molecule has 0 aromatic carbocycles. The van der Waals surface area contributed by atoms with Crippen LogP contribution >= 0.6 is 0 Å². The Kier molecular flexibility index (Phi) is 3.60. The molecule has 0 saturated carbocycles. The summed E-state index contributed by atoms with van der Waals surface area (Å²) in [6.07, 6.45) is -3.59. The molecule has 2 heterocycles. The van der Waals surface area contributed by atoms with Gasteiger partial charge in [-0.3, -0.25) is 0 Å². The second kappa shape index (κ2) is 5.01. The van der Waals surface area contributed by atoms with Crippen molar-refractivity contribution >= 4 is 5.69 Å². The molecule has 0 atom stereocenters. The first-order chi connectivity index (χ1) is 8.52. The molecular weight excluding hydrogens is 247 g/mol. The summed E-state index contributed by atoms with van der Waals surface area (Å²) in [5.41, 5.74) is -0.356. The van der Waals surface area contributed by atoms with Crippen molar-refractivity contribution < 1.29 is 17.9 Å². The number of anilines is 1. The van der Waals surface area contributed by atoms with Gasteiger partial charge in [-0.1, -0.05) is 0 Å². The zero-order valence-electron chi connectivity index (χ0n) is 9.92. The molecule has 2 rings (SSSR count). The average Bonchev–Trinajstić information content (AvgIpc) is 2.38. The first-order valence-electron chi connectivity index (χ1n) is 5.59. The third kappa shape index (κ3) is 2.66. The van der Waals surface area contributed by atoms with E-state index >= 15 is 0 Å². The molecule has 0 radical (unpaired) electrons. The van der Waals surface area contributed by atoms with Crippen LogP contribution in [-0.4, -0.2) is 38.3 Å². The number of rotatable bonds is 2. The second-order valence-corrected chi connectivity index (χ2v) is 3.99. The van der Waals surface area contributed by atoms with Crippen LogP contribution in [-0.2, 0) is 6.18 Å². The minimum Gasteiger partial charge on any atom is -0.480 e. The topological polar surface area (TPSA) is 37.4 Å². The van der Waals surface area contributed by atoms with Gasteiger partial charge in [-0.2, -0.15) is 13.2 Å². The minimum atomic E-state index is -4.39. The summed E-state index contributed by atoms with van der Waals surface area (Å²) < 4.78 is 43.0. The number of piperazine rings is 1. The first-order valence-corrected chi connectivity index (χ1v) is 5.59. The zero-order chi connectivity index (χ0) is 13.2. The molecule has 1 aromatic rings. The molecule has 100 valence electrons. The van der Waals surface area contributed by atoms with Crippen molar-refractivity contribution in [3.8, 4) is 5.88 Å². The third-order valence-corrected chi connectivity index (χ3v) is 2.81. The van der Waals surface area contributed by atoms with Crippen LogP contribution in [0, 0.1) is 0 Å². The van der Waals surface area contributed by atoms with Crippen LogP contribution in [0.5, 0.6) is 5.88 Å². The summed E-state index contributed by atoms with van der Waals surface area (Å²) in [5, 5.41) is 3.14. The second-order valence-electron chi connectivity index (χ2n) is 3.99. The highest BCUT2D eigenvalue weighted by atomic mass is 19.4. The molecule has 1 saturated heterocycles. The molecule has 0 aliphatic carbocycles. The lowest BCUT2D eigenvalue weighted by Crippen LogP contribution is -2.43. The number of alkyl halides is 3. The van der Waals surface area contributed by atoms with E-state index in [0.717, 1.165) is 25.4 Å². The summed E-state index contributed by atoms with van der Waals surface area (Å²) in [5.74, 6) is 0.227. The summed E-state index contributed by atoms with van der Waals surface area (Å²) in [7, 11) is 1.40. The number of methoxy groups -OCH3 is 1. The van der Waals surface area contributed by atoms with Crippen LogP contribution in [0.3, 0.4) is 0 Å². The maximum Gasteiger partial charge on any atom is 0.417 e. The van der Waals surface area contributed by atoms with Crippen molar-refractivity contribution in [3.63, 3.8) is 0 Å². The van der Waals surface area contributed by atoms with Crippen molar-refractivity contribution in [3.05, 3.63) is 17.8 Å². The summed E-state index contributed by atoms with van der Waals surface area (Å²) in [6, 6.07) is 1.09. The van der Waals surface area contributed by atoms with Gasteiger partial charge in [-0.05, 0) is 6.07 Å². The van der Waals surface area contributed by atoms with Crippen LogP contribution in [0.1, 0.15) is 5.56 Å². The van der Waals surface area contributed by atoms with E-state index in [1.54, 1.807) is 0 Å². The highest BCUT2D eigenvalue weighted by Crippen LogP contribution is 2.35. The van der Waals surface area contributed by atoms with E-state index < -0.39 is 11.7 Å². The minimum absolute atomic E-state index is 0.227. The quantitative estimate of drug-likeness (QED) is 0.876. The van der Waals surface area contributed by atoms with E-state index in [-0.39, 0.29) is 5.88 Å². The lowest BCUT2D eigenvalue weighted by molar-refractivity contribution is -0.137. The molecule has 7 heteroatoms. The normalized spacial score (nSPS) is 16.8. The Bertz CT molecular complexity index is 416. The van der Waals surface area contributed by atoms with Crippen LogP contribution in [0.4, 0.5) is 18.9 Å². The van der Waals surface area contributed by atoms with Crippen molar-refractivity contribution in [2.45, 2.75) is 6.18 Å². The largest absolute Gasteiger partial charge is 0.480 e. The van der Waals surface area contributed by atoms with Gasteiger partial charge < -0.3 is 15.0 Å². The summed E-state index contributed by atoms with van der Waals surface area (Å²) in [6.45, 7) is 2.75. The number of nitrogens with one attached hydrogen (secondary N) is 1.